The second kappa shape index (κ2) is 8.91. The van der Waals surface area contributed by atoms with Crippen LogP contribution in [0, 0.1) is 34.5 Å². The fourth-order valence-corrected chi connectivity index (χ4v) is 9.32. The molecule has 0 aromatic rings. The van der Waals surface area contributed by atoms with Crippen LogP contribution in [0.4, 0.5) is 0 Å². The van der Waals surface area contributed by atoms with E-state index >= 15 is 0 Å². The van der Waals surface area contributed by atoms with E-state index in [2.05, 4.69) is 19.2 Å². The van der Waals surface area contributed by atoms with E-state index in [4.69, 9.17) is 15.2 Å². The van der Waals surface area contributed by atoms with Crippen molar-refractivity contribution in [3.63, 3.8) is 0 Å². The number of carbonyl (C=O) groups is 1. The Morgan fingerprint density at radius 1 is 0.971 bits per heavy atom. The summed E-state index contributed by atoms with van der Waals surface area (Å²) in [4.78, 5) is 12.7. The van der Waals surface area contributed by atoms with Crippen molar-refractivity contribution in [3.05, 3.63) is 0 Å². The molecule has 0 bridgehead atoms. The molecule has 8 nitrogen and oxygen atoms in total. The number of amides is 1. The van der Waals surface area contributed by atoms with E-state index in [0.29, 0.717) is 17.8 Å². The maximum atomic E-state index is 12.7. The third-order valence-electron chi connectivity index (χ3n) is 11.7. The summed E-state index contributed by atoms with van der Waals surface area (Å²) in [5, 5.41) is 33.4. The molecule has 13 atom stereocenters. The first-order valence-electron chi connectivity index (χ1n) is 13.8. The zero-order chi connectivity index (χ0) is 25.3. The number of hydrogen-bond acceptors (Lipinski definition) is 7. The molecule has 35 heavy (non-hydrogen) atoms. The Morgan fingerprint density at radius 3 is 2.43 bits per heavy atom. The summed E-state index contributed by atoms with van der Waals surface area (Å²) in [6.07, 6.45) is 3.78. The monoisotopic (exact) mass is 494 g/mol. The zero-order valence-corrected chi connectivity index (χ0v) is 21.8. The van der Waals surface area contributed by atoms with Crippen LogP contribution in [0.15, 0.2) is 0 Å². The number of rotatable bonds is 3. The average molecular weight is 495 g/mol. The summed E-state index contributed by atoms with van der Waals surface area (Å²) in [6.45, 7) is 6.42. The molecule has 3 unspecified atom stereocenters. The summed E-state index contributed by atoms with van der Waals surface area (Å²) >= 11 is 0. The molecule has 0 aromatic carbocycles. The Kier molecular flexibility index (Phi) is 6.59. The number of aliphatic hydroxyl groups excluding tert-OH is 3. The molecule has 6 N–H and O–H groups in total. The molecule has 5 fully saturated rings. The van der Waals surface area contributed by atoms with Crippen molar-refractivity contribution in [2.24, 2.45) is 40.2 Å². The average Bonchev–Trinajstić information content (AvgIpc) is 3.12. The van der Waals surface area contributed by atoms with Crippen LogP contribution < -0.4 is 11.1 Å². The highest BCUT2D eigenvalue weighted by molar-refractivity contribution is 5.80. The van der Waals surface area contributed by atoms with Crippen LogP contribution in [-0.4, -0.2) is 70.6 Å². The van der Waals surface area contributed by atoms with Gasteiger partial charge < -0.3 is 35.8 Å². The Hall–Kier alpha value is -0.770. The number of nitrogens with one attached hydrogen (secondary N) is 1. The van der Waals surface area contributed by atoms with Crippen LogP contribution in [-0.2, 0) is 14.3 Å². The van der Waals surface area contributed by atoms with Gasteiger partial charge in [-0.3, -0.25) is 4.79 Å². The molecular formula is C27H46N2O6. The number of carbonyl (C=O) groups excluding carboxylic acids is 1. The molecule has 4 saturated carbocycles. The van der Waals surface area contributed by atoms with Crippen molar-refractivity contribution in [1.29, 1.82) is 0 Å². The van der Waals surface area contributed by atoms with Gasteiger partial charge in [0.15, 0.2) is 6.29 Å². The van der Waals surface area contributed by atoms with Gasteiger partial charge in [-0.1, -0.05) is 13.8 Å². The Balaban J connectivity index is 1.29. The number of nitrogens with two attached hydrogens (primary N) is 1. The van der Waals surface area contributed by atoms with Crippen molar-refractivity contribution in [3.8, 4) is 0 Å². The number of ether oxygens (including phenoxy) is 2. The largest absolute Gasteiger partial charge is 0.388 e. The first kappa shape index (κ1) is 25.9. The van der Waals surface area contributed by atoms with Crippen LogP contribution in [0.3, 0.4) is 0 Å². The second-order valence-corrected chi connectivity index (χ2v) is 12.9. The third-order valence-corrected chi connectivity index (χ3v) is 11.7. The lowest BCUT2D eigenvalue weighted by Gasteiger charge is -2.64. The third kappa shape index (κ3) is 3.73. The van der Waals surface area contributed by atoms with Gasteiger partial charge >= 0.3 is 0 Å². The fourth-order valence-electron chi connectivity index (χ4n) is 9.32. The second-order valence-electron chi connectivity index (χ2n) is 12.9. The first-order chi connectivity index (χ1) is 16.5. The van der Waals surface area contributed by atoms with E-state index in [1.807, 2.05) is 0 Å². The van der Waals surface area contributed by atoms with Crippen LogP contribution >= 0.6 is 0 Å². The molecule has 5 rings (SSSR count). The van der Waals surface area contributed by atoms with E-state index in [0.717, 1.165) is 57.8 Å². The highest BCUT2D eigenvalue weighted by Gasteiger charge is 2.67. The Morgan fingerprint density at radius 2 is 1.71 bits per heavy atom. The first-order valence-corrected chi connectivity index (χ1v) is 13.8. The van der Waals surface area contributed by atoms with Gasteiger partial charge in [0.1, 0.15) is 18.3 Å². The van der Waals surface area contributed by atoms with E-state index in [9.17, 15) is 20.1 Å². The van der Waals surface area contributed by atoms with Crippen molar-refractivity contribution in [1.82, 2.24) is 5.32 Å². The predicted molar refractivity (Wildman–Crippen MR) is 130 cm³/mol. The Labute approximate surface area is 209 Å². The van der Waals surface area contributed by atoms with Crippen LogP contribution in [0.2, 0.25) is 0 Å². The van der Waals surface area contributed by atoms with Gasteiger partial charge in [-0.2, -0.15) is 0 Å². The summed E-state index contributed by atoms with van der Waals surface area (Å²) < 4.78 is 11.9. The lowest BCUT2D eigenvalue weighted by atomic mass is 9.42. The molecule has 1 heterocycles. The van der Waals surface area contributed by atoms with E-state index < -0.39 is 30.7 Å². The molecule has 200 valence electrons. The number of hydrogen-bond donors (Lipinski definition) is 5. The topological polar surface area (TPSA) is 134 Å². The summed E-state index contributed by atoms with van der Waals surface area (Å²) in [5.74, 6) is 1.66. The minimum atomic E-state index is -1.27. The van der Waals surface area contributed by atoms with Crippen LogP contribution in [0.1, 0.15) is 78.6 Å². The van der Waals surface area contributed by atoms with Gasteiger partial charge in [0.05, 0.1) is 12.2 Å². The fraction of sp³-hybridized carbons (Fsp3) is 0.963. The SMILES string of the molecule is CNC(=O)C1CC[C@@]2(N)[C@@H]3CCC4CC(O[C@@H]5O[C@@H](C)[C@H](O)[C@@H](O)[C@H]5O)CC[C@]4(C)[C@H]3CC[C@]12C. The zero-order valence-electron chi connectivity index (χ0n) is 21.8. The van der Waals surface area contributed by atoms with Crippen molar-refractivity contribution in [2.75, 3.05) is 7.05 Å². The number of fused-ring (bicyclic) bond motifs is 5. The van der Waals surface area contributed by atoms with E-state index in [1.165, 1.54) is 0 Å². The van der Waals surface area contributed by atoms with Crippen LogP contribution in [0.25, 0.3) is 0 Å². The quantitative estimate of drug-likeness (QED) is 0.377. The summed E-state index contributed by atoms with van der Waals surface area (Å²) in [6, 6.07) is 0. The molecule has 0 spiro atoms. The van der Waals surface area contributed by atoms with Gasteiger partial charge in [-0.25, -0.2) is 0 Å². The highest BCUT2D eigenvalue weighted by atomic mass is 16.7. The Bertz CT molecular complexity index is 827. The molecule has 1 saturated heterocycles. The minimum absolute atomic E-state index is 0.00583. The molecule has 0 aromatic heterocycles. The van der Waals surface area contributed by atoms with Crippen molar-refractivity contribution >= 4 is 5.91 Å². The molecule has 0 radical (unpaired) electrons. The van der Waals surface area contributed by atoms with Gasteiger partial charge in [-0.15, -0.1) is 0 Å². The normalized spacial score (nSPS) is 56.0. The van der Waals surface area contributed by atoms with Gasteiger partial charge in [0.2, 0.25) is 5.91 Å². The van der Waals surface area contributed by atoms with E-state index in [1.54, 1.807) is 14.0 Å². The molecule has 5 aliphatic rings. The van der Waals surface area contributed by atoms with Gasteiger partial charge in [0.25, 0.3) is 0 Å². The summed E-state index contributed by atoms with van der Waals surface area (Å²) in [7, 11) is 1.74. The van der Waals surface area contributed by atoms with E-state index in [-0.39, 0.29) is 34.3 Å². The standard InChI is InChI=1S/C27H46N2O6/c1-14-20(30)21(31)22(32)24(34-14)35-16-7-10-25(2)15(13-16)5-6-18-17(25)8-11-26(3)19(23(33)29-4)9-12-27(18,26)28/h14-22,24,30-32H,5-13,28H2,1-4H3,(H,29,33)/t14-,15?,16?,17-,18+,19?,20-,21+,22+,24-,25-,26+,27+/m0/s1. The smallest absolute Gasteiger partial charge is 0.223 e. The maximum Gasteiger partial charge on any atom is 0.223 e. The predicted octanol–water partition coefficient (Wildman–Crippen LogP) is 1.69. The minimum Gasteiger partial charge on any atom is -0.388 e. The van der Waals surface area contributed by atoms with Crippen LogP contribution in [0.5, 0.6) is 0 Å². The van der Waals surface area contributed by atoms with Gasteiger partial charge in [0, 0.05) is 18.5 Å². The molecule has 1 amide bonds. The lowest BCUT2D eigenvalue weighted by Crippen LogP contribution is -2.67. The number of aliphatic hydroxyl groups is 3. The highest BCUT2D eigenvalue weighted by Crippen LogP contribution is 2.68. The van der Waals surface area contributed by atoms with Crippen molar-refractivity contribution in [2.45, 2.75) is 121 Å². The van der Waals surface area contributed by atoms with Crippen molar-refractivity contribution < 1.29 is 29.6 Å². The maximum absolute atomic E-state index is 12.7. The molecule has 4 aliphatic carbocycles. The lowest BCUT2D eigenvalue weighted by molar-refractivity contribution is -0.309. The summed E-state index contributed by atoms with van der Waals surface area (Å²) in [5.41, 5.74) is 7.08. The molecular weight excluding hydrogens is 448 g/mol. The molecule has 1 aliphatic heterocycles. The molecule has 8 heteroatoms. The van der Waals surface area contributed by atoms with Gasteiger partial charge in [-0.05, 0) is 93.3 Å².